The maximum atomic E-state index is 12.8. The number of ether oxygens (including phenoxy) is 6. The highest BCUT2D eigenvalue weighted by Crippen LogP contribution is 2.26. The first-order valence-corrected chi connectivity index (χ1v) is 25.4. The number of aliphatic hydroxyl groups excluding tert-OH is 7. The molecule has 0 saturated carbocycles. The van der Waals surface area contributed by atoms with E-state index in [2.05, 4.69) is 74.6 Å². The van der Waals surface area contributed by atoms with Crippen LogP contribution in [-0.4, -0.2) is 142 Å². The predicted molar refractivity (Wildman–Crippen MR) is 256 cm³/mol. The van der Waals surface area contributed by atoms with Crippen LogP contribution in [0.25, 0.3) is 0 Å². The normalized spacial score (nSPS) is 26.8. The van der Waals surface area contributed by atoms with E-state index in [0.717, 1.165) is 89.9 Å². The summed E-state index contributed by atoms with van der Waals surface area (Å²) >= 11 is 0. The molecule has 14 heteroatoms. The smallest absolute Gasteiger partial charge is 0.306 e. The first-order chi connectivity index (χ1) is 32.1. The van der Waals surface area contributed by atoms with Crippen molar-refractivity contribution < 1.29 is 69.0 Å². The molecule has 2 heterocycles. The van der Waals surface area contributed by atoms with Gasteiger partial charge >= 0.3 is 5.97 Å². The second-order valence-electron chi connectivity index (χ2n) is 17.6. The van der Waals surface area contributed by atoms with Crippen molar-refractivity contribution in [3.05, 3.63) is 60.8 Å². The molecule has 2 fully saturated rings. The molecular formula is C52H90O14. The van der Waals surface area contributed by atoms with Crippen molar-refractivity contribution in [2.45, 2.75) is 229 Å². The zero-order valence-electron chi connectivity index (χ0n) is 40.4. The van der Waals surface area contributed by atoms with Crippen LogP contribution in [0.5, 0.6) is 0 Å². The van der Waals surface area contributed by atoms with E-state index >= 15 is 0 Å². The minimum absolute atomic E-state index is 0.0565. The number of carbonyl (C=O) groups excluding carboxylic acids is 1. The van der Waals surface area contributed by atoms with Gasteiger partial charge in [0.15, 0.2) is 12.6 Å². The lowest BCUT2D eigenvalue weighted by Gasteiger charge is -2.42. The lowest BCUT2D eigenvalue weighted by molar-refractivity contribution is -0.332. The SMILES string of the molecule is CC/C=C\C/C=C\C/C=C\C/C=C\C/C=C\CCCCCCCCCCCCOCC(COC1OC(COC2OC(CO)C(O)C(O)C2O)C(O)C(O)C1O)OC(=O)CCCCCCCC. The molecule has 0 radical (unpaired) electrons. The second-order valence-corrected chi connectivity index (χ2v) is 17.6. The molecule has 0 aromatic carbocycles. The number of esters is 1. The van der Waals surface area contributed by atoms with E-state index in [0.29, 0.717) is 13.0 Å². The first kappa shape index (κ1) is 59.8. The third kappa shape index (κ3) is 27.0. The van der Waals surface area contributed by atoms with Gasteiger partial charge in [0.2, 0.25) is 0 Å². The van der Waals surface area contributed by atoms with Crippen molar-refractivity contribution in [3.63, 3.8) is 0 Å². The summed E-state index contributed by atoms with van der Waals surface area (Å²) in [4.78, 5) is 12.8. The van der Waals surface area contributed by atoms with Gasteiger partial charge in [-0.15, -0.1) is 0 Å². The molecule has 14 nitrogen and oxygen atoms in total. The molecule has 0 amide bonds. The average molecular weight is 939 g/mol. The number of hydrogen-bond acceptors (Lipinski definition) is 14. The molecule has 66 heavy (non-hydrogen) atoms. The van der Waals surface area contributed by atoms with Crippen LogP contribution in [0.3, 0.4) is 0 Å². The van der Waals surface area contributed by atoms with E-state index < -0.39 is 80.7 Å². The maximum absolute atomic E-state index is 12.8. The van der Waals surface area contributed by atoms with Crippen LogP contribution >= 0.6 is 0 Å². The first-order valence-electron chi connectivity index (χ1n) is 25.4. The molecule has 0 spiro atoms. The van der Waals surface area contributed by atoms with Crippen molar-refractivity contribution in [1.82, 2.24) is 0 Å². The Hall–Kier alpha value is -2.31. The summed E-state index contributed by atoms with van der Waals surface area (Å²) in [5.74, 6) is -0.389. The number of carbonyl (C=O) groups is 1. The molecule has 0 aromatic heterocycles. The van der Waals surface area contributed by atoms with Crippen LogP contribution in [-0.2, 0) is 33.2 Å². The Balaban J connectivity index is 1.64. The van der Waals surface area contributed by atoms with Crippen molar-refractivity contribution >= 4 is 5.97 Å². The van der Waals surface area contributed by atoms with Crippen molar-refractivity contribution in [2.75, 3.05) is 33.0 Å². The van der Waals surface area contributed by atoms with E-state index in [1.54, 1.807) is 0 Å². The molecular weight excluding hydrogens is 849 g/mol. The van der Waals surface area contributed by atoms with Gasteiger partial charge in [-0.2, -0.15) is 0 Å². The molecule has 0 aliphatic carbocycles. The molecule has 2 saturated heterocycles. The third-order valence-electron chi connectivity index (χ3n) is 11.8. The van der Waals surface area contributed by atoms with Crippen LogP contribution in [0.1, 0.15) is 162 Å². The molecule has 0 bridgehead atoms. The highest BCUT2D eigenvalue weighted by molar-refractivity contribution is 5.69. The Morgan fingerprint density at radius 2 is 0.985 bits per heavy atom. The number of unbranched alkanes of at least 4 members (excludes halogenated alkanes) is 15. The summed E-state index contributed by atoms with van der Waals surface area (Å²) in [6.07, 6.45) is 30.5. The fourth-order valence-corrected chi connectivity index (χ4v) is 7.66. The molecule has 2 rings (SSSR count). The van der Waals surface area contributed by atoms with Gasteiger partial charge in [-0.3, -0.25) is 4.79 Å². The highest BCUT2D eigenvalue weighted by atomic mass is 16.7. The van der Waals surface area contributed by atoms with Crippen LogP contribution in [0.15, 0.2) is 60.8 Å². The molecule has 382 valence electrons. The summed E-state index contributed by atoms with van der Waals surface area (Å²) in [5, 5.41) is 71.9. The second kappa shape index (κ2) is 39.5. The van der Waals surface area contributed by atoms with Gasteiger partial charge in [0.05, 0.1) is 26.4 Å². The van der Waals surface area contributed by atoms with Crippen molar-refractivity contribution in [2.24, 2.45) is 0 Å². The molecule has 11 unspecified atom stereocenters. The minimum Gasteiger partial charge on any atom is -0.457 e. The van der Waals surface area contributed by atoms with Gasteiger partial charge in [0, 0.05) is 13.0 Å². The lowest BCUT2D eigenvalue weighted by atomic mass is 9.98. The maximum Gasteiger partial charge on any atom is 0.306 e. The molecule has 7 N–H and O–H groups in total. The standard InChI is InChI=1S/C52H90O14/c1-3-5-7-9-11-12-13-14-15-16-17-18-19-20-21-22-23-24-25-26-27-28-29-30-32-34-36-61-38-41(64-44(54)35-33-31-10-8-6-4-2)39-62-51-50(60)48(58)46(56)43(66-51)40-63-52-49(59)47(57)45(55)42(37-53)65-52/h5,7,11-12,14-15,17-18,20-21,41-43,45-53,55-60H,3-4,6,8-10,13,16,19,22-40H2,1-2H3/b7-5-,12-11-,15-14-,18-17-,21-20-. The summed E-state index contributed by atoms with van der Waals surface area (Å²) in [5.41, 5.74) is 0. The zero-order chi connectivity index (χ0) is 48.0. The number of rotatable bonds is 39. The molecule has 0 aromatic rings. The summed E-state index contributed by atoms with van der Waals surface area (Å²) in [6, 6.07) is 0. The Morgan fingerprint density at radius 3 is 1.55 bits per heavy atom. The van der Waals surface area contributed by atoms with Gasteiger partial charge in [-0.1, -0.05) is 158 Å². The fraction of sp³-hybridized carbons (Fsp3) is 0.788. The Bertz CT molecular complexity index is 1320. The Morgan fingerprint density at radius 1 is 0.515 bits per heavy atom. The minimum atomic E-state index is -1.71. The molecule has 11 atom stereocenters. The lowest BCUT2D eigenvalue weighted by Crippen LogP contribution is -2.61. The Labute approximate surface area is 396 Å². The quantitative estimate of drug-likeness (QED) is 0.0183. The summed E-state index contributed by atoms with van der Waals surface area (Å²) in [6.45, 7) is 3.47. The fourth-order valence-electron chi connectivity index (χ4n) is 7.66. The van der Waals surface area contributed by atoms with E-state index in [4.69, 9.17) is 28.4 Å². The van der Waals surface area contributed by atoms with Gasteiger partial charge in [-0.25, -0.2) is 0 Å². The van der Waals surface area contributed by atoms with Crippen LogP contribution in [0.4, 0.5) is 0 Å². The van der Waals surface area contributed by atoms with Gasteiger partial charge in [-0.05, 0) is 57.8 Å². The summed E-state index contributed by atoms with van der Waals surface area (Å²) in [7, 11) is 0. The monoisotopic (exact) mass is 939 g/mol. The van der Waals surface area contributed by atoms with Gasteiger partial charge in [0.1, 0.15) is 54.9 Å². The number of hydrogen-bond donors (Lipinski definition) is 7. The number of aliphatic hydroxyl groups is 7. The topological polar surface area (TPSA) is 214 Å². The Kier molecular flexibility index (Phi) is 35.8. The van der Waals surface area contributed by atoms with E-state index in [1.165, 1.54) is 44.9 Å². The third-order valence-corrected chi connectivity index (χ3v) is 11.8. The largest absolute Gasteiger partial charge is 0.457 e. The average Bonchev–Trinajstić information content (AvgIpc) is 3.31. The summed E-state index contributed by atoms with van der Waals surface area (Å²) < 4.78 is 34.1. The van der Waals surface area contributed by atoms with Crippen LogP contribution in [0.2, 0.25) is 0 Å². The van der Waals surface area contributed by atoms with Gasteiger partial charge in [0.25, 0.3) is 0 Å². The van der Waals surface area contributed by atoms with E-state index in [-0.39, 0.29) is 25.6 Å². The van der Waals surface area contributed by atoms with E-state index in [1.807, 2.05) is 0 Å². The molecule has 2 aliphatic heterocycles. The number of allylic oxidation sites excluding steroid dienone is 10. The zero-order valence-corrected chi connectivity index (χ0v) is 40.4. The predicted octanol–water partition coefficient (Wildman–Crippen LogP) is 7.35. The van der Waals surface area contributed by atoms with Crippen molar-refractivity contribution in [3.8, 4) is 0 Å². The van der Waals surface area contributed by atoms with Gasteiger partial charge < -0.3 is 64.2 Å². The van der Waals surface area contributed by atoms with Crippen LogP contribution < -0.4 is 0 Å². The van der Waals surface area contributed by atoms with Crippen LogP contribution in [0, 0.1) is 0 Å². The molecule has 2 aliphatic rings. The highest BCUT2D eigenvalue weighted by Gasteiger charge is 2.47. The van der Waals surface area contributed by atoms with E-state index in [9.17, 15) is 40.5 Å². The van der Waals surface area contributed by atoms with Crippen molar-refractivity contribution in [1.29, 1.82) is 0 Å².